The van der Waals surface area contributed by atoms with Crippen molar-refractivity contribution in [3.05, 3.63) is 59.2 Å². The molecule has 0 radical (unpaired) electrons. The molecule has 2 aromatic carbocycles. The van der Waals surface area contributed by atoms with Gasteiger partial charge in [0.15, 0.2) is 0 Å². The Morgan fingerprint density at radius 3 is 2.56 bits per heavy atom. The number of hydrogen-bond acceptors (Lipinski definition) is 4. The highest BCUT2D eigenvalue weighted by atomic mass is 16.5. The first kappa shape index (κ1) is 18.8. The second-order valence-corrected chi connectivity index (χ2v) is 6.51. The summed E-state index contributed by atoms with van der Waals surface area (Å²) in [5.74, 6) is 7.23. The number of esters is 1. The second kappa shape index (κ2) is 8.64. The minimum Gasteiger partial charge on any atom is -0.497 e. The maximum atomic E-state index is 11.6. The summed E-state index contributed by atoms with van der Waals surface area (Å²) in [7, 11) is 3.08. The van der Waals surface area contributed by atoms with E-state index in [1.807, 2.05) is 30.3 Å². The van der Waals surface area contributed by atoms with E-state index in [9.17, 15) is 4.79 Å². The van der Waals surface area contributed by atoms with Crippen LogP contribution in [0.15, 0.2) is 42.5 Å². The topological polar surface area (TPSA) is 44.8 Å². The Hall–Kier alpha value is -2.93. The SMILES string of the molecule is CC#CC(CC(=O)OC)c1ccc(OC2CCc3cc(OC)ccc32)cc1. The summed E-state index contributed by atoms with van der Waals surface area (Å²) in [4.78, 5) is 11.6. The Morgan fingerprint density at radius 1 is 1.15 bits per heavy atom. The molecule has 0 bridgehead atoms. The normalized spacial score (nSPS) is 15.9. The van der Waals surface area contributed by atoms with Gasteiger partial charge in [0.05, 0.1) is 26.6 Å². The summed E-state index contributed by atoms with van der Waals surface area (Å²) >= 11 is 0. The summed E-state index contributed by atoms with van der Waals surface area (Å²) in [5.41, 5.74) is 3.49. The zero-order valence-corrected chi connectivity index (χ0v) is 16.0. The molecule has 2 unspecified atom stereocenters. The van der Waals surface area contributed by atoms with E-state index >= 15 is 0 Å². The molecule has 27 heavy (non-hydrogen) atoms. The first-order valence-corrected chi connectivity index (χ1v) is 9.07. The molecule has 0 N–H and O–H groups in total. The lowest BCUT2D eigenvalue weighted by Gasteiger charge is -2.16. The van der Waals surface area contributed by atoms with Gasteiger partial charge < -0.3 is 14.2 Å². The molecule has 3 rings (SSSR count). The first-order chi connectivity index (χ1) is 13.1. The standard InChI is InChI=1S/C23H24O4/c1-4-5-17(15-23(24)26-3)16-6-9-19(10-7-16)27-22-13-8-18-14-20(25-2)11-12-21(18)22/h6-7,9-12,14,17,22H,8,13,15H2,1-3H3. The molecule has 0 heterocycles. The van der Waals surface area contributed by atoms with Crippen molar-refractivity contribution in [1.82, 2.24) is 0 Å². The van der Waals surface area contributed by atoms with Crippen molar-refractivity contribution in [2.45, 2.75) is 38.2 Å². The van der Waals surface area contributed by atoms with Crippen LogP contribution in [-0.4, -0.2) is 20.2 Å². The number of benzene rings is 2. The number of methoxy groups -OCH3 is 2. The second-order valence-electron chi connectivity index (χ2n) is 6.51. The van der Waals surface area contributed by atoms with E-state index < -0.39 is 0 Å². The van der Waals surface area contributed by atoms with E-state index in [4.69, 9.17) is 14.2 Å². The third-order valence-electron chi connectivity index (χ3n) is 4.85. The van der Waals surface area contributed by atoms with Crippen LogP contribution in [0.3, 0.4) is 0 Å². The van der Waals surface area contributed by atoms with Crippen molar-refractivity contribution in [3.63, 3.8) is 0 Å². The van der Waals surface area contributed by atoms with Crippen LogP contribution >= 0.6 is 0 Å². The molecule has 0 spiro atoms. The van der Waals surface area contributed by atoms with Gasteiger partial charge in [0.2, 0.25) is 0 Å². The first-order valence-electron chi connectivity index (χ1n) is 9.07. The van der Waals surface area contributed by atoms with Crippen LogP contribution in [0.2, 0.25) is 0 Å². The maximum absolute atomic E-state index is 11.6. The van der Waals surface area contributed by atoms with Crippen LogP contribution < -0.4 is 9.47 Å². The molecule has 2 aromatic rings. The van der Waals surface area contributed by atoms with Gasteiger partial charge in [-0.2, -0.15) is 0 Å². The number of carbonyl (C=O) groups excluding carboxylic acids is 1. The molecule has 0 fully saturated rings. The summed E-state index contributed by atoms with van der Waals surface area (Å²) in [6, 6.07) is 14.0. The number of ether oxygens (including phenoxy) is 3. The van der Waals surface area contributed by atoms with Crippen LogP contribution in [0.4, 0.5) is 0 Å². The molecular formula is C23H24O4. The van der Waals surface area contributed by atoms with Crippen molar-refractivity contribution in [2.75, 3.05) is 14.2 Å². The Balaban J connectivity index is 1.71. The van der Waals surface area contributed by atoms with Gasteiger partial charge >= 0.3 is 5.97 Å². The van der Waals surface area contributed by atoms with E-state index in [-0.39, 0.29) is 24.4 Å². The number of fused-ring (bicyclic) bond motifs is 1. The van der Waals surface area contributed by atoms with Crippen LogP contribution in [0.5, 0.6) is 11.5 Å². The van der Waals surface area contributed by atoms with Gasteiger partial charge in [-0.15, -0.1) is 5.92 Å². The average molecular weight is 364 g/mol. The van der Waals surface area contributed by atoms with Gasteiger partial charge in [-0.05, 0) is 60.7 Å². The predicted octanol–water partition coefficient (Wildman–Crippen LogP) is 4.43. The molecule has 0 saturated heterocycles. The molecule has 140 valence electrons. The molecule has 0 amide bonds. The van der Waals surface area contributed by atoms with Gasteiger partial charge in [-0.1, -0.05) is 24.1 Å². The molecule has 0 saturated carbocycles. The lowest BCUT2D eigenvalue weighted by atomic mass is 9.96. The van der Waals surface area contributed by atoms with Crippen molar-refractivity contribution in [2.24, 2.45) is 0 Å². The Kier molecular flexibility index (Phi) is 6.03. The van der Waals surface area contributed by atoms with Gasteiger partial charge in [0.25, 0.3) is 0 Å². The van der Waals surface area contributed by atoms with Crippen molar-refractivity contribution in [1.29, 1.82) is 0 Å². The minimum atomic E-state index is -0.263. The fourth-order valence-corrected chi connectivity index (χ4v) is 3.42. The Labute approximate surface area is 160 Å². The van der Waals surface area contributed by atoms with Gasteiger partial charge in [0.1, 0.15) is 17.6 Å². The van der Waals surface area contributed by atoms with Crippen molar-refractivity contribution >= 4 is 5.97 Å². The number of aryl methyl sites for hydroxylation is 1. The third kappa shape index (κ3) is 4.43. The number of carbonyl (C=O) groups is 1. The molecule has 0 aliphatic heterocycles. The fourth-order valence-electron chi connectivity index (χ4n) is 3.42. The molecule has 1 aliphatic carbocycles. The van der Waals surface area contributed by atoms with E-state index in [0.717, 1.165) is 29.9 Å². The van der Waals surface area contributed by atoms with Gasteiger partial charge in [-0.25, -0.2) is 0 Å². The fraction of sp³-hybridized carbons (Fsp3) is 0.348. The highest BCUT2D eigenvalue weighted by Gasteiger charge is 2.24. The smallest absolute Gasteiger partial charge is 0.307 e. The van der Waals surface area contributed by atoms with Crippen LogP contribution in [0, 0.1) is 11.8 Å². The molecule has 4 heteroatoms. The van der Waals surface area contributed by atoms with E-state index in [1.165, 1.54) is 18.2 Å². The quantitative estimate of drug-likeness (QED) is 0.562. The summed E-state index contributed by atoms with van der Waals surface area (Å²) < 4.78 is 16.3. The molecular weight excluding hydrogens is 340 g/mol. The molecule has 4 nitrogen and oxygen atoms in total. The molecule has 1 aliphatic rings. The Morgan fingerprint density at radius 2 is 1.89 bits per heavy atom. The predicted molar refractivity (Wildman–Crippen MR) is 104 cm³/mol. The summed E-state index contributed by atoms with van der Waals surface area (Å²) in [6.07, 6.45) is 2.24. The largest absolute Gasteiger partial charge is 0.497 e. The summed E-state index contributed by atoms with van der Waals surface area (Å²) in [6.45, 7) is 1.77. The van der Waals surface area contributed by atoms with Crippen LogP contribution in [0.25, 0.3) is 0 Å². The zero-order chi connectivity index (χ0) is 19.2. The van der Waals surface area contributed by atoms with E-state index in [0.29, 0.717) is 0 Å². The lowest BCUT2D eigenvalue weighted by molar-refractivity contribution is -0.140. The number of hydrogen-bond donors (Lipinski definition) is 0. The van der Waals surface area contributed by atoms with E-state index in [2.05, 4.69) is 24.0 Å². The van der Waals surface area contributed by atoms with Crippen molar-refractivity contribution < 1.29 is 19.0 Å². The maximum Gasteiger partial charge on any atom is 0.307 e. The van der Waals surface area contributed by atoms with Gasteiger partial charge in [-0.3, -0.25) is 4.79 Å². The zero-order valence-electron chi connectivity index (χ0n) is 16.0. The number of rotatable bonds is 6. The molecule has 0 aromatic heterocycles. The highest BCUT2D eigenvalue weighted by Crippen LogP contribution is 2.37. The summed E-state index contributed by atoms with van der Waals surface area (Å²) in [5, 5.41) is 0. The monoisotopic (exact) mass is 364 g/mol. The van der Waals surface area contributed by atoms with Crippen LogP contribution in [-0.2, 0) is 16.0 Å². The molecule has 2 atom stereocenters. The minimum absolute atomic E-state index is 0.0538. The average Bonchev–Trinajstić information content (AvgIpc) is 3.10. The third-order valence-corrected chi connectivity index (χ3v) is 4.85. The Bertz CT molecular complexity index is 858. The lowest BCUT2D eigenvalue weighted by Crippen LogP contribution is -2.08. The highest BCUT2D eigenvalue weighted by molar-refractivity contribution is 5.71. The van der Waals surface area contributed by atoms with Gasteiger partial charge in [0, 0.05) is 0 Å². The van der Waals surface area contributed by atoms with Crippen LogP contribution in [0.1, 0.15) is 48.5 Å². The van der Waals surface area contributed by atoms with Crippen molar-refractivity contribution in [3.8, 4) is 23.3 Å². The van der Waals surface area contributed by atoms with E-state index in [1.54, 1.807) is 14.0 Å².